The lowest BCUT2D eigenvalue weighted by Crippen LogP contribution is -2.07. The molecule has 2 aromatic rings. The molecular weight excluding hydrogens is 401 g/mol. The normalized spacial score (nSPS) is 10.7. The maximum atomic E-state index is 11.9. The Hall–Kier alpha value is -1.82. The molecule has 0 saturated carbocycles. The van der Waals surface area contributed by atoms with E-state index in [0.29, 0.717) is 0 Å². The molecular formula is C19H20INO2. The van der Waals surface area contributed by atoms with E-state index in [1.54, 1.807) is 6.08 Å². The van der Waals surface area contributed by atoms with Gasteiger partial charge in [-0.3, -0.25) is 4.79 Å². The highest BCUT2D eigenvalue weighted by Crippen LogP contribution is 2.14. The fraction of sp³-hybridized carbons (Fsp3) is 0.211. The van der Waals surface area contributed by atoms with E-state index in [4.69, 9.17) is 4.74 Å². The van der Waals surface area contributed by atoms with Gasteiger partial charge in [0, 0.05) is 15.3 Å². The molecule has 1 N–H and O–H groups in total. The van der Waals surface area contributed by atoms with Gasteiger partial charge in [-0.15, -0.1) is 0 Å². The van der Waals surface area contributed by atoms with Crippen LogP contribution in [0.2, 0.25) is 0 Å². The Labute approximate surface area is 150 Å². The Bertz CT molecular complexity index is 648. The van der Waals surface area contributed by atoms with Crippen molar-refractivity contribution in [1.29, 1.82) is 0 Å². The van der Waals surface area contributed by atoms with Gasteiger partial charge in [0.1, 0.15) is 5.75 Å². The average molecular weight is 421 g/mol. The summed E-state index contributed by atoms with van der Waals surface area (Å²) >= 11 is 2.23. The Morgan fingerprint density at radius 1 is 1.13 bits per heavy atom. The van der Waals surface area contributed by atoms with Gasteiger partial charge < -0.3 is 10.1 Å². The minimum atomic E-state index is -0.144. The van der Waals surface area contributed by atoms with Crippen molar-refractivity contribution in [2.24, 2.45) is 0 Å². The van der Waals surface area contributed by atoms with Crippen LogP contribution >= 0.6 is 22.6 Å². The fourth-order valence-electron chi connectivity index (χ4n) is 1.90. The van der Waals surface area contributed by atoms with Crippen LogP contribution in [0.25, 0.3) is 6.08 Å². The molecule has 0 heterocycles. The molecule has 0 aliphatic carbocycles. The van der Waals surface area contributed by atoms with Crippen molar-refractivity contribution >= 4 is 40.3 Å². The van der Waals surface area contributed by atoms with Gasteiger partial charge >= 0.3 is 0 Å². The first kappa shape index (κ1) is 17.5. The number of rotatable bonds is 7. The van der Waals surface area contributed by atoms with Crippen molar-refractivity contribution in [3.05, 3.63) is 63.7 Å². The maximum Gasteiger partial charge on any atom is 0.248 e. The number of amides is 1. The van der Waals surface area contributed by atoms with Crippen molar-refractivity contribution < 1.29 is 9.53 Å². The third-order valence-electron chi connectivity index (χ3n) is 3.19. The number of halogens is 1. The summed E-state index contributed by atoms with van der Waals surface area (Å²) < 4.78 is 6.75. The molecule has 0 bridgehead atoms. The molecule has 0 unspecified atom stereocenters. The number of hydrogen-bond donors (Lipinski definition) is 1. The fourth-order valence-corrected chi connectivity index (χ4v) is 2.26. The van der Waals surface area contributed by atoms with E-state index >= 15 is 0 Å². The quantitative estimate of drug-likeness (QED) is 0.383. The van der Waals surface area contributed by atoms with Gasteiger partial charge in [-0.25, -0.2) is 0 Å². The highest BCUT2D eigenvalue weighted by atomic mass is 127. The maximum absolute atomic E-state index is 11.9. The number of hydrogen-bond acceptors (Lipinski definition) is 2. The van der Waals surface area contributed by atoms with E-state index in [2.05, 4.69) is 34.8 Å². The van der Waals surface area contributed by atoms with Gasteiger partial charge in [0.05, 0.1) is 6.61 Å². The third-order valence-corrected chi connectivity index (χ3v) is 3.90. The van der Waals surface area contributed by atoms with Crippen LogP contribution in [-0.4, -0.2) is 12.5 Å². The molecule has 0 atom stereocenters. The van der Waals surface area contributed by atoms with Crippen LogP contribution in [0.3, 0.4) is 0 Å². The predicted octanol–water partition coefficient (Wildman–Crippen LogP) is 5.12. The predicted molar refractivity (Wildman–Crippen MR) is 104 cm³/mol. The molecule has 2 rings (SSSR count). The molecule has 0 saturated heterocycles. The lowest BCUT2D eigenvalue weighted by molar-refractivity contribution is -0.111. The number of nitrogens with one attached hydrogen (secondary N) is 1. The zero-order chi connectivity index (χ0) is 16.5. The molecule has 2 aromatic carbocycles. The summed E-state index contributed by atoms with van der Waals surface area (Å²) in [5.74, 6) is 0.716. The molecule has 0 radical (unpaired) electrons. The summed E-state index contributed by atoms with van der Waals surface area (Å²) in [6.07, 6.45) is 5.50. The first-order chi connectivity index (χ1) is 11.2. The second-order valence-corrected chi connectivity index (χ2v) is 6.35. The number of carbonyl (C=O) groups is 1. The first-order valence-electron chi connectivity index (χ1n) is 7.65. The van der Waals surface area contributed by atoms with Crippen LogP contribution in [0.1, 0.15) is 25.3 Å². The minimum absolute atomic E-state index is 0.144. The van der Waals surface area contributed by atoms with E-state index in [0.717, 1.165) is 40.0 Å². The van der Waals surface area contributed by atoms with Gasteiger partial charge in [0.25, 0.3) is 0 Å². The average Bonchev–Trinajstić information content (AvgIpc) is 2.56. The monoisotopic (exact) mass is 421 g/mol. The second kappa shape index (κ2) is 9.35. The molecule has 0 aromatic heterocycles. The van der Waals surface area contributed by atoms with Crippen LogP contribution in [-0.2, 0) is 4.79 Å². The summed E-state index contributed by atoms with van der Waals surface area (Å²) in [7, 11) is 0. The van der Waals surface area contributed by atoms with E-state index < -0.39 is 0 Å². The second-order valence-electron chi connectivity index (χ2n) is 5.10. The van der Waals surface area contributed by atoms with Gasteiger partial charge in [0.2, 0.25) is 5.91 Å². The van der Waals surface area contributed by atoms with Gasteiger partial charge in [-0.05, 0) is 77.0 Å². The highest BCUT2D eigenvalue weighted by molar-refractivity contribution is 14.1. The SMILES string of the molecule is CCCCOc1ccc(C=CC(=O)Nc2ccc(I)cc2)cc1. The summed E-state index contributed by atoms with van der Waals surface area (Å²) in [6, 6.07) is 15.4. The summed E-state index contributed by atoms with van der Waals surface area (Å²) in [5, 5.41) is 2.83. The summed E-state index contributed by atoms with van der Waals surface area (Å²) in [4.78, 5) is 11.9. The number of anilines is 1. The zero-order valence-corrected chi connectivity index (χ0v) is 15.2. The standard InChI is InChI=1S/C19H20INO2/c1-2-3-14-23-18-11-4-15(5-12-18)6-13-19(22)21-17-9-7-16(20)8-10-17/h4-13H,2-3,14H2,1H3,(H,21,22). The Balaban J connectivity index is 1.86. The van der Waals surface area contributed by atoms with Crippen LogP contribution in [0.15, 0.2) is 54.6 Å². The van der Waals surface area contributed by atoms with Crippen molar-refractivity contribution in [2.45, 2.75) is 19.8 Å². The van der Waals surface area contributed by atoms with Crippen LogP contribution < -0.4 is 10.1 Å². The van der Waals surface area contributed by atoms with Crippen LogP contribution in [0.4, 0.5) is 5.69 Å². The number of unbranched alkanes of at least 4 members (excludes halogenated alkanes) is 1. The van der Waals surface area contributed by atoms with Crippen LogP contribution in [0, 0.1) is 3.57 Å². The molecule has 0 fully saturated rings. The lowest BCUT2D eigenvalue weighted by atomic mass is 10.2. The van der Waals surface area contributed by atoms with Crippen molar-refractivity contribution in [3.8, 4) is 5.75 Å². The topological polar surface area (TPSA) is 38.3 Å². The van der Waals surface area contributed by atoms with E-state index in [9.17, 15) is 4.79 Å². The molecule has 23 heavy (non-hydrogen) atoms. The number of carbonyl (C=O) groups excluding carboxylic acids is 1. The molecule has 3 nitrogen and oxygen atoms in total. The van der Waals surface area contributed by atoms with Gasteiger partial charge in [-0.2, -0.15) is 0 Å². The van der Waals surface area contributed by atoms with Gasteiger partial charge in [-0.1, -0.05) is 25.5 Å². The first-order valence-corrected chi connectivity index (χ1v) is 8.73. The van der Waals surface area contributed by atoms with Crippen molar-refractivity contribution in [1.82, 2.24) is 0 Å². The minimum Gasteiger partial charge on any atom is -0.494 e. The number of ether oxygens (including phenoxy) is 1. The highest BCUT2D eigenvalue weighted by Gasteiger charge is 1.98. The molecule has 0 aliphatic heterocycles. The van der Waals surface area contributed by atoms with E-state index in [1.165, 1.54) is 6.08 Å². The Morgan fingerprint density at radius 2 is 1.83 bits per heavy atom. The van der Waals surface area contributed by atoms with Crippen molar-refractivity contribution in [2.75, 3.05) is 11.9 Å². The Kier molecular flexibility index (Phi) is 7.13. The molecule has 0 aliphatic rings. The molecule has 120 valence electrons. The van der Waals surface area contributed by atoms with Gasteiger partial charge in [0.15, 0.2) is 0 Å². The molecule has 4 heteroatoms. The largest absolute Gasteiger partial charge is 0.494 e. The summed E-state index contributed by atoms with van der Waals surface area (Å²) in [5.41, 5.74) is 1.75. The van der Waals surface area contributed by atoms with E-state index in [1.807, 2.05) is 48.5 Å². The molecule has 1 amide bonds. The smallest absolute Gasteiger partial charge is 0.248 e. The lowest BCUT2D eigenvalue weighted by Gasteiger charge is -2.05. The Morgan fingerprint density at radius 3 is 2.48 bits per heavy atom. The van der Waals surface area contributed by atoms with Crippen molar-refractivity contribution in [3.63, 3.8) is 0 Å². The molecule has 0 spiro atoms. The van der Waals surface area contributed by atoms with Crippen LogP contribution in [0.5, 0.6) is 5.75 Å². The summed E-state index contributed by atoms with van der Waals surface area (Å²) in [6.45, 7) is 2.88. The zero-order valence-electron chi connectivity index (χ0n) is 13.1. The number of benzene rings is 2. The van der Waals surface area contributed by atoms with E-state index in [-0.39, 0.29) is 5.91 Å². The third kappa shape index (κ3) is 6.44.